The maximum absolute atomic E-state index is 13.4. The van der Waals surface area contributed by atoms with Crippen LogP contribution in [0, 0.1) is 0 Å². The summed E-state index contributed by atoms with van der Waals surface area (Å²) in [5, 5.41) is 6.39. The van der Waals surface area contributed by atoms with E-state index in [2.05, 4.69) is 10.6 Å². The van der Waals surface area contributed by atoms with Crippen molar-refractivity contribution in [2.24, 2.45) is 0 Å². The summed E-state index contributed by atoms with van der Waals surface area (Å²) in [6, 6.07) is 16.8. The number of fused-ring (bicyclic) bond motifs is 3. The molecule has 0 saturated carbocycles. The van der Waals surface area contributed by atoms with Crippen LogP contribution in [-0.2, 0) is 11.2 Å². The highest BCUT2D eigenvalue weighted by Crippen LogP contribution is 2.50. The van der Waals surface area contributed by atoms with E-state index >= 15 is 0 Å². The van der Waals surface area contributed by atoms with E-state index in [1.165, 1.54) is 6.92 Å². The number of methoxy groups -OCH3 is 3. The molecule has 4 rings (SSSR count). The summed E-state index contributed by atoms with van der Waals surface area (Å²) in [6.45, 7) is 3.50. The zero-order valence-electron chi connectivity index (χ0n) is 21.3. The molecular weight excluding hydrogens is 456 g/mol. The average Bonchev–Trinajstić information content (AvgIpc) is 3.12. The van der Waals surface area contributed by atoms with Crippen LogP contribution in [0.5, 0.6) is 17.2 Å². The average molecular weight is 489 g/mol. The van der Waals surface area contributed by atoms with Crippen molar-refractivity contribution in [3.05, 3.63) is 81.5 Å². The van der Waals surface area contributed by atoms with E-state index < -0.39 is 0 Å². The Bertz CT molecular complexity index is 1320. The molecule has 2 atom stereocenters. The molecule has 2 N–H and O–H groups in total. The van der Waals surface area contributed by atoms with Gasteiger partial charge >= 0.3 is 0 Å². The fourth-order valence-corrected chi connectivity index (χ4v) is 4.89. The third-order valence-electron chi connectivity index (χ3n) is 6.59. The van der Waals surface area contributed by atoms with E-state index in [4.69, 9.17) is 14.2 Å². The number of rotatable bonds is 7. The van der Waals surface area contributed by atoms with Crippen LogP contribution in [0.4, 0.5) is 5.69 Å². The summed E-state index contributed by atoms with van der Waals surface area (Å²) in [5.74, 6) is 1.42. The van der Waals surface area contributed by atoms with E-state index in [1.807, 2.05) is 49.4 Å². The second kappa shape index (κ2) is 10.7. The number of carbonyl (C=O) groups is 1. The molecule has 0 saturated heterocycles. The van der Waals surface area contributed by atoms with Crippen molar-refractivity contribution in [2.75, 3.05) is 26.6 Å². The van der Waals surface area contributed by atoms with Gasteiger partial charge < -0.3 is 24.8 Å². The minimum Gasteiger partial charge on any atom is -0.493 e. The maximum Gasteiger partial charge on any atom is 0.217 e. The number of nitrogens with one attached hydrogen (secondary N) is 2. The van der Waals surface area contributed by atoms with Gasteiger partial charge in [-0.05, 0) is 60.2 Å². The van der Waals surface area contributed by atoms with E-state index in [0.29, 0.717) is 35.8 Å². The Balaban J connectivity index is 1.93. The summed E-state index contributed by atoms with van der Waals surface area (Å²) >= 11 is 0. The molecular formula is C29H32N2O5. The molecule has 0 radical (unpaired) electrons. The molecule has 0 spiro atoms. The molecule has 0 heterocycles. The Morgan fingerprint density at radius 2 is 1.69 bits per heavy atom. The van der Waals surface area contributed by atoms with Crippen molar-refractivity contribution in [1.82, 2.24) is 5.32 Å². The lowest BCUT2D eigenvalue weighted by atomic mass is 9.95. The van der Waals surface area contributed by atoms with Gasteiger partial charge in [0.1, 0.15) is 0 Å². The number of hydrogen-bond acceptors (Lipinski definition) is 6. The number of amides is 1. The molecule has 0 fully saturated rings. The topological polar surface area (TPSA) is 85.9 Å². The summed E-state index contributed by atoms with van der Waals surface area (Å²) in [7, 11) is 4.74. The molecule has 0 bridgehead atoms. The lowest BCUT2D eigenvalue weighted by molar-refractivity contribution is -0.119. The summed E-state index contributed by atoms with van der Waals surface area (Å²) < 4.78 is 17.1. The number of aryl methyl sites for hydroxylation is 1. The standard InChI is InChI=1S/C29H32N2O5/c1-17(19-9-7-6-8-10-19)30-24-14-12-21-22(16-25(24)33)23(31-18(2)32)13-11-20-15-26(34-3)28(35-4)29(36-5)27(20)21/h6-10,12,14-17,23H,11,13H2,1-5H3,(H,30,33)(H,31,32). The van der Waals surface area contributed by atoms with Gasteiger partial charge in [0.05, 0.1) is 33.1 Å². The quantitative estimate of drug-likeness (QED) is 0.485. The lowest BCUT2D eigenvalue weighted by Gasteiger charge is -2.19. The van der Waals surface area contributed by atoms with Crippen LogP contribution >= 0.6 is 0 Å². The fourth-order valence-electron chi connectivity index (χ4n) is 4.89. The first-order valence-corrected chi connectivity index (χ1v) is 12.0. The zero-order valence-corrected chi connectivity index (χ0v) is 21.3. The Labute approximate surface area is 211 Å². The highest BCUT2D eigenvalue weighted by Gasteiger charge is 2.29. The Kier molecular flexibility index (Phi) is 7.48. The first kappa shape index (κ1) is 25.1. The van der Waals surface area contributed by atoms with Crippen LogP contribution in [0.15, 0.2) is 59.4 Å². The lowest BCUT2D eigenvalue weighted by Crippen LogP contribution is -2.26. The first-order valence-electron chi connectivity index (χ1n) is 12.0. The van der Waals surface area contributed by atoms with Gasteiger partial charge in [0.25, 0.3) is 0 Å². The summed E-state index contributed by atoms with van der Waals surface area (Å²) in [5.41, 5.74) is 4.75. The second-order valence-corrected chi connectivity index (χ2v) is 8.87. The molecule has 1 amide bonds. The molecule has 188 valence electrons. The number of benzene rings is 2. The molecule has 7 heteroatoms. The third kappa shape index (κ3) is 4.87. The predicted molar refractivity (Wildman–Crippen MR) is 141 cm³/mol. The van der Waals surface area contributed by atoms with Crippen LogP contribution in [0.2, 0.25) is 0 Å². The molecule has 1 aliphatic carbocycles. The van der Waals surface area contributed by atoms with Crippen molar-refractivity contribution in [3.8, 4) is 28.4 Å². The van der Waals surface area contributed by atoms with Gasteiger partial charge in [-0.25, -0.2) is 0 Å². The van der Waals surface area contributed by atoms with Gasteiger partial charge in [-0.1, -0.05) is 36.4 Å². The van der Waals surface area contributed by atoms with Gasteiger partial charge in [-0.15, -0.1) is 0 Å². The van der Waals surface area contributed by atoms with Crippen LogP contribution in [0.1, 0.15) is 49.0 Å². The van der Waals surface area contributed by atoms with E-state index in [-0.39, 0.29) is 23.4 Å². The largest absolute Gasteiger partial charge is 0.493 e. The molecule has 1 aliphatic rings. The van der Waals surface area contributed by atoms with Gasteiger partial charge in [-0.2, -0.15) is 0 Å². The van der Waals surface area contributed by atoms with E-state index in [9.17, 15) is 9.59 Å². The van der Waals surface area contributed by atoms with Crippen LogP contribution in [0.25, 0.3) is 11.1 Å². The van der Waals surface area contributed by atoms with Gasteiger partial charge in [0, 0.05) is 18.5 Å². The zero-order chi connectivity index (χ0) is 25.8. The van der Waals surface area contributed by atoms with Crippen molar-refractivity contribution in [1.29, 1.82) is 0 Å². The van der Waals surface area contributed by atoms with Gasteiger partial charge in [0.2, 0.25) is 17.1 Å². The monoisotopic (exact) mass is 488 g/mol. The minimum absolute atomic E-state index is 0.0709. The Morgan fingerprint density at radius 1 is 0.972 bits per heavy atom. The number of hydrogen-bond donors (Lipinski definition) is 2. The molecule has 3 aromatic carbocycles. The smallest absolute Gasteiger partial charge is 0.217 e. The van der Waals surface area contributed by atoms with Gasteiger partial charge in [0.15, 0.2) is 11.5 Å². The first-order chi connectivity index (χ1) is 17.4. The van der Waals surface area contributed by atoms with Crippen LogP contribution in [0.3, 0.4) is 0 Å². The molecule has 36 heavy (non-hydrogen) atoms. The molecule has 2 unspecified atom stereocenters. The molecule has 7 nitrogen and oxygen atoms in total. The van der Waals surface area contributed by atoms with Crippen molar-refractivity contribution in [3.63, 3.8) is 0 Å². The Morgan fingerprint density at radius 3 is 2.33 bits per heavy atom. The molecule has 3 aromatic rings. The number of carbonyl (C=O) groups excluding carboxylic acids is 1. The molecule has 0 aliphatic heterocycles. The fraction of sp³-hybridized carbons (Fsp3) is 0.310. The van der Waals surface area contributed by atoms with Crippen LogP contribution in [-0.4, -0.2) is 27.2 Å². The normalized spacial score (nSPS) is 15.0. The number of ether oxygens (including phenoxy) is 3. The van der Waals surface area contributed by atoms with Crippen LogP contribution < -0.4 is 30.3 Å². The predicted octanol–water partition coefficient (Wildman–Crippen LogP) is 5.04. The summed E-state index contributed by atoms with van der Waals surface area (Å²) in [6.07, 6.45) is 1.27. The van der Waals surface area contributed by atoms with Gasteiger partial charge in [-0.3, -0.25) is 9.59 Å². The van der Waals surface area contributed by atoms with Crippen molar-refractivity contribution < 1.29 is 19.0 Å². The van der Waals surface area contributed by atoms with E-state index in [1.54, 1.807) is 33.5 Å². The maximum atomic E-state index is 13.4. The highest BCUT2D eigenvalue weighted by atomic mass is 16.5. The third-order valence-corrected chi connectivity index (χ3v) is 6.59. The highest BCUT2D eigenvalue weighted by molar-refractivity contribution is 5.83. The van der Waals surface area contributed by atoms with Crippen molar-refractivity contribution in [2.45, 2.75) is 38.8 Å². The van der Waals surface area contributed by atoms with Crippen molar-refractivity contribution >= 4 is 11.6 Å². The molecule has 0 aromatic heterocycles. The summed E-state index contributed by atoms with van der Waals surface area (Å²) in [4.78, 5) is 25.5. The SMILES string of the molecule is COc1cc2c(c(OC)c1OC)-c1ccc(NC(C)c3ccccc3)c(=O)cc1C(NC(C)=O)CC2. The Hall–Kier alpha value is -4.00. The minimum atomic E-state index is -0.342. The number of anilines is 1. The second-order valence-electron chi connectivity index (χ2n) is 8.87. The van der Waals surface area contributed by atoms with E-state index in [0.717, 1.165) is 27.8 Å².